The average molecular weight is 344 g/mol. The van der Waals surface area contributed by atoms with Crippen LogP contribution in [0.1, 0.15) is 41.3 Å². The summed E-state index contributed by atoms with van der Waals surface area (Å²) >= 11 is 0. The second-order valence-corrected chi connectivity index (χ2v) is 6.06. The van der Waals surface area contributed by atoms with Crippen molar-refractivity contribution in [2.24, 2.45) is 0 Å². The molecule has 5 nitrogen and oxygen atoms in total. The molecule has 0 fully saturated rings. The predicted octanol–water partition coefficient (Wildman–Crippen LogP) is 4.28. The number of carboxylic acid groups (broad SMARTS) is 1. The smallest absolute Gasteiger partial charge is 0.339 e. The molecule has 0 aromatic heterocycles. The van der Waals surface area contributed by atoms with Gasteiger partial charge >= 0.3 is 5.97 Å². The second-order valence-electron chi connectivity index (χ2n) is 6.06. The van der Waals surface area contributed by atoms with Crippen molar-refractivity contribution in [3.05, 3.63) is 53.1 Å². The third-order valence-corrected chi connectivity index (χ3v) is 3.81. The highest BCUT2D eigenvalue weighted by Crippen LogP contribution is 2.28. The molecular formula is C20H24O5. The molecule has 2 rings (SSSR count). The lowest BCUT2D eigenvalue weighted by Crippen LogP contribution is -2.12. The molecule has 0 aliphatic carbocycles. The van der Waals surface area contributed by atoms with Gasteiger partial charge in [-0.25, -0.2) is 4.79 Å². The van der Waals surface area contributed by atoms with Crippen LogP contribution in [0.15, 0.2) is 36.4 Å². The number of carboxylic acids is 1. The molecule has 0 unspecified atom stereocenters. The van der Waals surface area contributed by atoms with Crippen LogP contribution in [0.3, 0.4) is 0 Å². The van der Waals surface area contributed by atoms with Gasteiger partial charge < -0.3 is 19.3 Å². The molecule has 25 heavy (non-hydrogen) atoms. The first-order valence-electron chi connectivity index (χ1n) is 8.20. The van der Waals surface area contributed by atoms with Crippen molar-refractivity contribution in [2.75, 3.05) is 20.3 Å². The van der Waals surface area contributed by atoms with Crippen LogP contribution >= 0.6 is 0 Å². The van der Waals surface area contributed by atoms with Crippen LogP contribution in [0, 0.1) is 6.92 Å². The normalized spacial score (nSPS) is 10.6. The third-order valence-electron chi connectivity index (χ3n) is 3.81. The van der Waals surface area contributed by atoms with Crippen molar-refractivity contribution in [1.82, 2.24) is 0 Å². The van der Waals surface area contributed by atoms with E-state index in [1.165, 1.54) is 13.2 Å². The molecule has 0 saturated carbocycles. The summed E-state index contributed by atoms with van der Waals surface area (Å²) in [6.45, 7) is 6.80. The number of methoxy groups -OCH3 is 1. The summed E-state index contributed by atoms with van der Waals surface area (Å²) < 4.78 is 16.6. The summed E-state index contributed by atoms with van der Waals surface area (Å²) in [6.07, 6.45) is 0. The molecule has 0 aliphatic heterocycles. The first-order valence-corrected chi connectivity index (χ1v) is 8.20. The Morgan fingerprint density at radius 2 is 1.72 bits per heavy atom. The number of aryl methyl sites for hydroxylation is 1. The van der Waals surface area contributed by atoms with Crippen LogP contribution in [-0.4, -0.2) is 31.4 Å². The highest BCUT2D eigenvalue weighted by atomic mass is 16.5. The Balaban J connectivity index is 2.02. The molecule has 2 aromatic carbocycles. The fourth-order valence-corrected chi connectivity index (χ4v) is 2.47. The number of ether oxygens (including phenoxy) is 3. The maximum Gasteiger partial charge on any atom is 0.339 e. The SMILES string of the molecule is COc1ccc(C(=O)O)c(OCCOc2cc(C)ccc2C(C)C)c1. The standard InChI is InChI=1S/C20H24O5/c1-13(2)16-7-5-14(3)11-18(16)24-9-10-25-19-12-15(23-4)6-8-17(19)20(21)22/h5-8,11-13H,9-10H2,1-4H3,(H,21,22). The van der Waals surface area contributed by atoms with E-state index in [-0.39, 0.29) is 17.9 Å². The minimum atomic E-state index is -1.04. The van der Waals surface area contributed by atoms with E-state index in [0.29, 0.717) is 18.3 Å². The zero-order chi connectivity index (χ0) is 18.4. The van der Waals surface area contributed by atoms with Crippen LogP contribution in [0.25, 0.3) is 0 Å². The van der Waals surface area contributed by atoms with E-state index in [0.717, 1.165) is 16.9 Å². The van der Waals surface area contributed by atoms with Crippen LogP contribution in [0.5, 0.6) is 17.2 Å². The topological polar surface area (TPSA) is 65.0 Å². The molecule has 0 aliphatic rings. The number of benzene rings is 2. The molecular weight excluding hydrogens is 320 g/mol. The van der Waals surface area contributed by atoms with E-state index < -0.39 is 5.97 Å². The minimum absolute atomic E-state index is 0.0965. The molecule has 0 saturated heterocycles. The maximum atomic E-state index is 11.3. The fourth-order valence-electron chi connectivity index (χ4n) is 2.47. The molecule has 0 atom stereocenters. The summed E-state index contributed by atoms with van der Waals surface area (Å²) in [5.74, 6) is 0.959. The molecule has 0 spiro atoms. The van der Waals surface area contributed by atoms with Crippen LogP contribution < -0.4 is 14.2 Å². The van der Waals surface area contributed by atoms with Gasteiger partial charge in [0.05, 0.1) is 7.11 Å². The number of hydrogen-bond donors (Lipinski definition) is 1. The molecule has 1 N–H and O–H groups in total. The lowest BCUT2D eigenvalue weighted by atomic mass is 10.0. The number of aromatic carboxylic acids is 1. The van der Waals surface area contributed by atoms with Crippen molar-refractivity contribution >= 4 is 5.97 Å². The molecule has 134 valence electrons. The van der Waals surface area contributed by atoms with E-state index in [4.69, 9.17) is 14.2 Å². The Kier molecular flexibility index (Phi) is 6.28. The van der Waals surface area contributed by atoms with Crippen molar-refractivity contribution in [2.45, 2.75) is 26.7 Å². The Labute approximate surface area is 148 Å². The summed E-state index contributed by atoms with van der Waals surface area (Å²) in [5, 5.41) is 9.24. The zero-order valence-electron chi connectivity index (χ0n) is 15.0. The quantitative estimate of drug-likeness (QED) is 0.724. The minimum Gasteiger partial charge on any atom is -0.497 e. The third kappa shape index (κ3) is 4.89. The van der Waals surface area contributed by atoms with Crippen molar-refractivity contribution < 1.29 is 24.1 Å². The highest BCUT2D eigenvalue weighted by Gasteiger charge is 2.13. The van der Waals surface area contributed by atoms with Gasteiger partial charge in [-0.3, -0.25) is 0 Å². The lowest BCUT2D eigenvalue weighted by molar-refractivity contribution is 0.0691. The van der Waals surface area contributed by atoms with E-state index >= 15 is 0 Å². The van der Waals surface area contributed by atoms with Crippen LogP contribution in [-0.2, 0) is 0 Å². The van der Waals surface area contributed by atoms with Gasteiger partial charge in [0.2, 0.25) is 0 Å². The van der Waals surface area contributed by atoms with Gasteiger partial charge in [0.15, 0.2) is 0 Å². The highest BCUT2D eigenvalue weighted by molar-refractivity contribution is 5.91. The molecule has 0 heterocycles. The summed E-state index contributed by atoms with van der Waals surface area (Å²) in [7, 11) is 1.52. The summed E-state index contributed by atoms with van der Waals surface area (Å²) in [4.78, 5) is 11.3. The maximum absolute atomic E-state index is 11.3. The lowest BCUT2D eigenvalue weighted by Gasteiger charge is -2.16. The van der Waals surface area contributed by atoms with Gasteiger partial charge in [-0.1, -0.05) is 26.0 Å². The summed E-state index contributed by atoms with van der Waals surface area (Å²) in [6, 6.07) is 10.8. The van der Waals surface area contributed by atoms with E-state index in [2.05, 4.69) is 26.0 Å². The Bertz CT molecular complexity index is 737. The predicted molar refractivity (Wildman–Crippen MR) is 96.2 cm³/mol. The summed E-state index contributed by atoms with van der Waals surface area (Å²) in [5.41, 5.74) is 2.36. The molecule has 0 bridgehead atoms. The van der Waals surface area contributed by atoms with Gasteiger partial charge in [0.25, 0.3) is 0 Å². The average Bonchev–Trinajstić information content (AvgIpc) is 2.58. The largest absolute Gasteiger partial charge is 0.497 e. The van der Waals surface area contributed by atoms with E-state index in [1.807, 2.05) is 13.0 Å². The second kappa shape index (κ2) is 8.42. The van der Waals surface area contributed by atoms with Crippen LogP contribution in [0.4, 0.5) is 0 Å². The molecule has 0 amide bonds. The van der Waals surface area contributed by atoms with Crippen molar-refractivity contribution in [3.63, 3.8) is 0 Å². The Hall–Kier alpha value is -2.69. The first-order chi connectivity index (χ1) is 11.9. The van der Waals surface area contributed by atoms with Gasteiger partial charge in [-0.05, 0) is 42.2 Å². The number of hydrogen-bond acceptors (Lipinski definition) is 4. The van der Waals surface area contributed by atoms with Crippen molar-refractivity contribution in [1.29, 1.82) is 0 Å². The Morgan fingerprint density at radius 3 is 2.32 bits per heavy atom. The Morgan fingerprint density at radius 1 is 1.04 bits per heavy atom. The van der Waals surface area contributed by atoms with Gasteiger partial charge in [-0.15, -0.1) is 0 Å². The van der Waals surface area contributed by atoms with Gasteiger partial charge in [0.1, 0.15) is 36.0 Å². The van der Waals surface area contributed by atoms with Crippen molar-refractivity contribution in [3.8, 4) is 17.2 Å². The van der Waals surface area contributed by atoms with Gasteiger partial charge in [0, 0.05) is 6.07 Å². The molecule has 2 aromatic rings. The molecule has 0 radical (unpaired) electrons. The van der Waals surface area contributed by atoms with Gasteiger partial charge in [-0.2, -0.15) is 0 Å². The number of rotatable bonds is 8. The van der Waals surface area contributed by atoms with E-state index in [1.54, 1.807) is 12.1 Å². The number of carbonyl (C=O) groups is 1. The van der Waals surface area contributed by atoms with E-state index in [9.17, 15) is 9.90 Å². The monoisotopic (exact) mass is 344 g/mol. The van der Waals surface area contributed by atoms with Crippen LogP contribution in [0.2, 0.25) is 0 Å². The zero-order valence-corrected chi connectivity index (χ0v) is 15.0. The fraction of sp³-hybridized carbons (Fsp3) is 0.350. The first kappa shape index (κ1) is 18.6. The molecule has 5 heteroatoms.